The van der Waals surface area contributed by atoms with Crippen LogP contribution < -0.4 is 16.0 Å². The number of methoxy groups -OCH3 is 1. The summed E-state index contributed by atoms with van der Waals surface area (Å²) in [6.07, 6.45) is 1.31. The average molecular weight is 451 g/mol. The first kappa shape index (κ1) is 22.5. The molecule has 1 aliphatic heterocycles. The summed E-state index contributed by atoms with van der Waals surface area (Å²) in [4.78, 5) is 28.9. The van der Waals surface area contributed by atoms with Gasteiger partial charge < -0.3 is 15.4 Å². The number of carbonyl (C=O) groups is 2. The summed E-state index contributed by atoms with van der Waals surface area (Å²) in [5.74, 6) is -0.336. The molecule has 7 nitrogen and oxygen atoms in total. The Balaban J connectivity index is 1.77. The highest BCUT2D eigenvalue weighted by atomic mass is 35.5. The minimum Gasteiger partial charge on any atom is -0.369 e. The van der Waals surface area contributed by atoms with Crippen LogP contribution in [0.4, 0.5) is 0 Å². The number of aromatic nitrogens is 1. The van der Waals surface area contributed by atoms with E-state index in [9.17, 15) is 9.59 Å². The highest BCUT2D eigenvalue weighted by molar-refractivity contribution is 6.31. The van der Waals surface area contributed by atoms with Crippen molar-refractivity contribution in [3.05, 3.63) is 63.4 Å². The smallest absolute Gasteiger partial charge is 0.251 e. The van der Waals surface area contributed by atoms with Crippen molar-refractivity contribution in [2.75, 3.05) is 7.11 Å². The molecule has 0 aliphatic carbocycles. The van der Waals surface area contributed by atoms with Gasteiger partial charge in [0.2, 0.25) is 5.91 Å². The molecule has 2 atom stereocenters. The van der Waals surface area contributed by atoms with Crippen LogP contribution in [0.1, 0.15) is 49.3 Å². The maximum absolute atomic E-state index is 12.3. The van der Waals surface area contributed by atoms with Gasteiger partial charge in [0.05, 0.1) is 16.8 Å². The van der Waals surface area contributed by atoms with Gasteiger partial charge in [0, 0.05) is 36.9 Å². The van der Waals surface area contributed by atoms with Crippen molar-refractivity contribution in [2.24, 2.45) is 0 Å². The lowest BCUT2D eigenvalue weighted by Gasteiger charge is -2.32. The molecular weight excluding hydrogens is 427 g/mol. The average Bonchev–Trinajstić information content (AvgIpc) is 2.72. The second kappa shape index (κ2) is 9.31. The molecule has 160 valence electrons. The van der Waals surface area contributed by atoms with Gasteiger partial charge in [0.25, 0.3) is 5.91 Å². The van der Waals surface area contributed by atoms with Crippen LogP contribution in [-0.2, 0) is 20.9 Å². The zero-order valence-corrected chi connectivity index (χ0v) is 18.5. The first-order chi connectivity index (χ1) is 14.2. The van der Waals surface area contributed by atoms with Crippen LogP contribution >= 0.6 is 23.2 Å². The van der Waals surface area contributed by atoms with Crippen molar-refractivity contribution in [2.45, 2.75) is 44.6 Å². The Hall–Kier alpha value is -2.19. The van der Waals surface area contributed by atoms with Gasteiger partial charge in [-0.1, -0.05) is 29.3 Å². The number of benzene rings is 1. The number of hydrogen-bond acceptors (Lipinski definition) is 5. The third-order valence-corrected chi connectivity index (χ3v) is 5.62. The third kappa shape index (κ3) is 5.29. The molecule has 0 radical (unpaired) electrons. The molecule has 0 spiro atoms. The molecular formula is C21H24Cl2N4O3. The topological polar surface area (TPSA) is 92.4 Å². The van der Waals surface area contributed by atoms with Crippen LogP contribution in [0.15, 0.2) is 36.5 Å². The van der Waals surface area contributed by atoms with E-state index in [1.807, 2.05) is 12.1 Å². The molecule has 1 fully saturated rings. The molecule has 2 heterocycles. The lowest BCUT2D eigenvalue weighted by molar-refractivity contribution is -0.139. The van der Waals surface area contributed by atoms with Crippen LogP contribution in [0.25, 0.3) is 0 Å². The van der Waals surface area contributed by atoms with Crippen molar-refractivity contribution in [3.8, 4) is 0 Å². The van der Waals surface area contributed by atoms with Crippen LogP contribution in [0, 0.1) is 0 Å². The Bertz CT molecular complexity index is 934. The highest BCUT2D eigenvalue weighted by Gasteiger charge is 2.30. The van der Waals surface area contributed by atoms with Gasteiger partial charge in [-0.05, 0) is 43.7 Å². The Morgan fingerprint density at radius 2 is 2.07 bits per heavy atom. The molecule has 0 saturated carbocycles. The van der Waals surface area contributed by atoms with Crippen molar-refractivity contribution in [1.29, 1.82) is 0 Å². The molecule has 1 aliphatic rings. The SMILES string of the molecule is COC(C)(C)C(=O)NCc1ccc(Cl)c(C2NC(=O)CC(c3ccc(Cl)cn3)N2)c1. The van der Waals surface area contributed by atoms with E-state index in [2.05, 4.69) is 20.9 Å². The summed E-state index contributed by atoms with van der Waals surface area (Å²) in [5, 5.41) is 10.2. The normalized spacial score (nSPS) is 19.3. The van der Waals surface area contributed by atoms with Crippen molar-refractivity contribution < 1.29 is 14.3 Å². The van der Waals surface area contributed by atoms with Crippen molar-refractivity contribution in [3.63, 3.8) is 0 Å². The summed E-state index contributed by atoms with van der Waals surface area (Å²) >= 11 is 12.3. The fourth-order valence-electron chi connectivity index (χ4n) is 3.07. The van der Waals surface area contributed by atoms with Crippen LogP contribution in [0.2, 0.25) is 10.0 Å². The van der Waals surface area contributed by atoms with Gasteiger partial charge in [-0.2, -0.15) is 0 Å². The third-order valence-electron chi connectivity index (χ3n) is 5.05. The highest BCUT2D eigenvalue weighted by Crippen LogP contribution is 2.29. The standard InChI is InChI=1S/C21H24Cl2N4O3/c1-21(2,30-3)20(29)25-10-12-4-6-15(23)14(8-12)19-26-17(9-18(28)27-19)16-7-5-13(22)11-24-16/h4-8,11,17,19,26H,9-10H2,1-3H3,(H,25,29)(H,27,28). The second-order valence-corrected chi connectivity index (χ2v) is 8.42. The van der Waals surface area contributed by atoms with E-state index in [0.29, 0.717) is 22.2 Å². The molecule has 2 aromatic rings. The van der Waals surface area contributed by atoms with E-state index >= 15 is 0 Å². The minimum atomic E-state index is -0.924. The molecule has 2 amide bonds. The number of pyridine rings is 1. The van der Waals surface area contributed by atoms with E-state index in [4.69, 9.17) is 27.9 Å². The zero-order chi connectivity index (χ0) is 21.9. The largest absolute Gasteiger partial charge is 0.369 e. The first-order valence-electron chi connectivity index (χ1n) is 9.48. The Kier molecular flexibility index (Phi) is 6.98. The van der Waals surface area contributed by atoms with E-state index in [1.165, 1.54) is 7.11 Å². The number of nitrogens with one attached hydrogen (secondary N) is 3. The number of amides is 2. The molecule has 1 aromatic heterocycles. The first-order valence-corrected chi connectivity index (χ1v) is 10.2. The molecule has 30 heavy (non-hydrogen) atoms. The fourth-order valence-corrected chi connectivity index (χ4v) is 3.41. The maximum Gasteiger partial charge on any atom is 0.251 e. The molecule has 0 bridgehead atoms. The van der Waals surface area contributed by atoms with E-state index in [0.717, 1.165) is 11.3 Å². The predicted octanol–water partition coefficient (Wildman–Crippen LogP) is 3.28. The van der Waals surface area contributed by atoms with E-state index < -0.39 is 11.8 Å². The summed E-state index contributed by atoms with van der Waals surface area (Å²) in [6, 6.07) is 8.69. The summed E-state index contributed by atoms with van der Waals surface area (Å²) in [6.45, 7) is 3.70. The quantitative estimate of drug-likeness (QED) is 0.627. The van der Waals surface area contributed by atoms with Crippen molar-refractivity contribution >= 4 is 35.0 Å². The Morgan fingerprint density at radius 3 is 2.73 bits per heavy atom. The second-order valence-electron chi connectivity index (χ2n) is 7.58. The molecule has 2 unspecified atom stereocenters. The predicted molar refractivity (Wildman–Crippen MR) is 115 cm³/mol. The molecule has 1 aromatic carbocycles. The van der Waals surface area contributed by atoms with Crippen LogP contribution in [0.5, 0.6) is 0 Å². The number of ether oxygens (including phenoxy) is 1. The lowest BCUT2D eigenvalue weighted by Crippen LogP contribution is -2.47. The van der Waals surface area contributed by atoms with Gasteiger partial charge in [-0.15, -0.1) is 0 Å². The molecule has 1 saturated heterocycles. The van der Waals surface area contributed by atoms with Gasteiger partial charge in [0.15, 0.2) is 0 Å². The van der Waals surface area contributed by atoms with E-state index in [1.54, 1.807) is 38.2 Å². The van der Waals surface area contributed by atoms with Gasteiger partial charge in [-0.3, -0.25) is 19.9 Å². The van der Waals surface area contributed by atoms with Crippen molar-refractivity contribution in [1.82, 2.24) is 20.9 Å². The van der Waals surface area contributed by atoms with E-state index in [-0.39, 0.29) is 24.3 Å². The maximum atomic E-state index is 12.3. The number of rotatable bonds is 6. The van der Waals surface area contributed by atoms with Gasteiger partial charge in [0.1, 0.15) is 11.8 Å². The van der Waals surface area contributed by atoms with Gasteiger partial charge >= 0.3 is 0 Å². The van der Waals surface area contributed by atoms with Gasteiger partial charge in [-0.25, -0.2) is 0 Å². The van der Waals surface area contributed by atoms with Crippen LogP contribution in [-0.4, -0.2) is 29.5 Å². The molecule has 9 heteroatoms. The number of nitrogens with zero attached hydrogens (tertiary/aromatic N) is 1. The summed E-state index contributed by atoms with van der Waals surface area (Å²) in [5.41, 5.74) is 1.35. The molecule has 3 rings (SSSR count). The number of halogens is 2. The molecule has 3 N–H and O–H groups in total. The fraction of sp³-hybridized carbons (Fsp3) is 0.381. The summed E-state index contributed by atoms with van der Waals surface area (Å²) < 4.78 is 5.19. The zero-order valence-electron chi connectivity index (χ0n) is 17.0. The minimum absolute atomic E-state index is 0.114. The summed E-state index contributed by atoms with van der Waals surface area (Å²) in [7, 11) is 1.49. The number of carbonyl (C=O) groups excluding carboxylic acids is 2. The Labute approximate surface area is 185 Å². The Morgan fingerprint density at radius 1 is 1.30 bits per heavy atom. The lowest BCUT2D eigenvalue weighted by atomic mass is 10.0. The van der Waals surface area contributed by atoms with Crippen LogP contribution in [0.3, 0.4) is 0 Å². The number of hydrogen-bond donors (Lipinski definition) is 3. The monoisotopic (exact) mass is 450 g/mol.